The number of fused-ring (bicyclic) bond motifs is 2. The molecule has 0 radical (unpaired) electrons. The number of imidazole rings is 1. The first-order chi connectivity index (χ1) is 18.7. The van der Waals surface area contributed by atoms with Gasteiger partial charge in [-0.1, -0.05) is 17.7 Å². The van der Waals surface area contributed by atoms with Gasteiger partial charge in [-0.3, -0.25) is 4.98 Å². The van der Waals surface area contributed by atoms with Gasteiger partial charge in [-0.25, -0.2) is 9.78 Å². The molecule has 0 saturated carbocycles. The largest absolute Gasteiger partial charge is 0.508 e. The number of carbonyl (C=O) groups is 1. The lowest BCUT2D eigenvalue weighted by atomic mass is 9.88. The minimum absolute atomic E-state index is 0.174. The van der Waals surface area contributed by atoms with Crippen LogP contribution < -0.4 is 0 Å². The Hall–Kier alpha value is -3.84. The van der Waals surface area contributed by atoms with Crippen molar-refractivity contribution in [2.75, 3.05) is 13.1 Å². The summed E-state index contributed by atoms with van der Waals surface area (Å²) in [5.41, 5.74) is 7.79. The second-order valence-corrected chi connectivity index (χ2v) is 11.7. The van der Waals surface area contributed by atoms with E-state index in [0.29, 0.717) is 18.1 Å². The number of benzene rings is 1. The number of aromatic nitrogens is 3. The molecule has 1 aromatic carbocycles. The summed E-state index contributed by atoms with van der Waals surface area (Å²) in [6.07, 6.45) is 9.93. The van der Waals surface area contributed by atoms with Crippen molar-refractivity contribution in [1.82, 2.24) is 19.3 Å². The van der Waals surface area contributed by atoms with Crippen LogP contribution in [0, 0.1) is 0 Å². The smallest absolute Gasteiger partial charge is 0.410 e. The van der Waals surface area contributed by atoms with Gasteiger partial charge >= 0.3 is 6.09 Å². The molecule has 4 aromatic rings. The van der Waals surface area contributed by atoms with Crippen molar-refractivity contribution in [3.8, 4) is 5.75 Å². The molecule has 0 bridgehead atoms. The average molecular weight is 543 g/mol. The van der Waals surface area contributed by atoms with Crippen molar-refractivity contribution < 1.29 is 14.6 Å². The van der Waals surface area contributed by atoms with E-state index in [2.05, 4.69) is 17.1 Å². The highest BCUT2D eigenvalue weighted by Crippen LogP contribution is 2.42. The summed E-state index contributed by atoms with van der Waals surface area (Å²) in [7, 11) is 0. The van der Waals surface area contributed by atoms with E-state index in [1.165, 1.54) is 0 Å². The number of halogens is 1. The van der Waals surface area contributed by atoms with E-state index in [4.69, 9.17) is 21.3 Å². The predicted octanol–water partition coefficient (Wildman–Crippen LogP) is 6.72. The number of nitrogens with zero attached hydrogens (tertiary/aromatic N) is 4. The molecule has 7 nitrogen and oxygen atoms in total. The maximum atomic E-state index is 12.4. The van der Waals surface area contributed by atoms with Crippen LogP contribution in [-0.4, -0.2) is 49.2 Å². The molecule has 2 aliphatic rings. The number of ether oxygens (including phenoxy) is 1. The summed E-state index contributed by atoms with van der Waals surface area (Å²) in [5.74, 6) is 0.445. The fourth-order valence-electron chi connectivity index (χ4n) is 5.49. The predicted molar refractivity (Wildman–Crippen MR) is 152 cm³/mol. The van der Waals surface area contributed by atoms with Gasteiger partial charge in [-0.15, -0.1) is 0 Å². The van der Waals surface area contributed by atoms with Gasteiger partial charge < -0.3 is 19.1 Å². The Bertz CT molecular complexity index is 1610. The Morgan fingerprint density at radius 1 is 1.10 bits per heavy atom. The highest BCUT2D eigenvalue weighted by atomic mass is 35.5. The molecule has 0 spiro atoms. The molecule has 1 saturated heterocycles. The molecule has 1 aliphatic carbocycles. The summed E-state index contributed by atoms with van der Waals surface area (Å²) >= 11 is 6.65. The molecule has 1 fully saturated rings. The van der Waals surface area contributed by atoms with Gasteiger partial charge in [0.1, 0.15) is 17.0 Å². The quantitative estimate of drug-likeness (QED) is 0.311. The van der Waals surface area contributed by atoms with Crippen molar-refractivity contribution >= 4 is 34.5 Å². The van der Waals surface area contributed by atoms with Crippen LogP contribution >= 0.6 is 11.6 Å². The lowest BCUT2D eigenvalue weighted by Gasteiger charge is -2.38. The SMILES string of the molecule is CC(C)(C)OC(=O)N1CC(c2cn3ccc(C4=C(c5ccncc5Cl)CCCc5cc(O)ccc54)cc3n2)C1. The number of rotatable bonds is 3. The van der Waals surface area contributed by atoms with Gasteiger partial charge in [0.05, 0.1) is 10.7 Å². The molecule has 39 heavy (non-hydrogen) atoms. The number of phenols is 1. The molecule has 3 aromatic heterocycles. The topological polar surface area (TPSA) is 80.0 Å². The number of carbonyl (C=O) groups excluding carboxylic acids is 1. The minimum atomic E-state index is -0.509. The Morgan fingerprint density at radius 3 is 2.69 bits per heavy atom. The first-order valence-electron chi connectivity index (χ1n) is 13.3. The van der Waals surface area contributed by atoms with Crippen molar-refractivity contribution in [3.05, 3.63) is 94.2 Å². The number of amides is 1. The highest BCUT2D eigenvalue weighted by molar-refractivity contribution is 6.32. The van der Waals surface area contributed by atoms with E-state index in [9.17, 15) is 9.90 Å². The van der Waals surface area contributed by atoms with E-state index in [1.54, 1.807) is 23.4 Å². The van der Waals surface area contributed by atoms with Gasteiger partial charge in [-0.05, 0) is 104 Å². The molecule has 1 aliphatic heterocycles. The second-order valence-electron chi connectivity index (χ2n) is 11.3. The Labute approximate surface area is 232 Å². The fourth-order valence-corrected chi connectivity index (χ4v) is 5.72. The third-order valence-corrected chi connectivity index (χ3v) is 7.65. The highest BCUT2D eigenvalue weighted by Gasteiger charge is 2.36. The first kappa shape index (κ1) is 25.4. The van der Waals surface area contributed by atoms with Crippen LogP contribution in [0.25, 0.3) is 16.8 Å². The summed E-state index contributed by atoms with van der Waals surface area (Å²) in [6.45, 7) is 6.82. The maximum Gasteiger partial charge on any atom is 0.410 e. The van der Waals surface area contributed by atoms with Crippen LogP contribution in [0.3, 0.4) is 0 Å². The third kappa shape index (κ3) is 4.99. The Morgan fingerprint density at radius 2 is 1.92 bits per heavy atom. The van der Waals surface area contributed by atoms with E-state index >= 15 is 0 Å². The molecule has 1 amide bonds. The maximum absolute atomic E-state index is 12.4. The van der Waals surface area contributed by atoms with E-state index in [1.807, 2.05) is 55.8 Å². The molecular formula is C31H31ClN4O3. The number of aromatic hydroxyl groups is 1. The van der Waals surface area contributed by atoms with Crippen LogP contribution in [0.4, 0.5) is 4.79 Å². The zero-order valence-corrected chi connectivity index (χ0v) is 23.1. The molecule has 0 atom stereocenters. The summed E-state index contributed by atoms with van der Waals surface area (Å²) in [4.78, 5) is 23.2. The number of hydrogen-bond acceptors (Lipinski definition) is 5. The zero-order valence-electron chi connectivity index (χ0n) is 22.3. The number of likely N-dealkylation sites (tertiary alicyclic amines) is 1. The van der Waals surface area contributed by atoms with Crippen LogP contribution in [0.5, 0.6) is 5.75 Å². The van der Waals surface area contributed by atoms with Crippen molar-refractivity contribution in [2.45, 2.75) is 51.6 Å². The number of aryl methyl sites for hydroxylation is 1. The van der Waals surface area contributed by atoms with Gasteiger partial charge in [0.2, 0.25) is 0 Å². The van der Waals surface area contributed by atoms with Crippen LogP contribution in [0.2, 0.25) is 5.02 Å². The van der Waals surface area contributed by atoms with Crippen LogP contribution in [-0.2, 0) is 11.2 Å². The summed E-state index contributed by atoms with van der Waals surface area (Å²) in [5, 5.41) is 10.8. The Balaban J connectivity index is 1.38. The lowest BCUT2D eigenvalue weighted by Crippen LogP contribution is -2.50. The summed E-state index contributed by atoms with van der Waals surface area (Å²) < 4.78 is 7.53. The number of pyridine rings is 2. The van der Waals surface area contributed by atoms with Crippen LogP contribution in [0.1, 0.15) is 67.5 Å². The zero-order chi connectivity index (χ0) is 27.3. The second kappa shape index (κ2) is 9.72. The average Bonchev–Trinajstić information content (AvgIpc) is 3.16. The molecule has 6 rings (SSSR count). The standard InChI is InChI=1S/C31H31ClN4O3/c1-31(2,3)39-30(38)36-16-21(17-36)27-18-35-12-10-20(14-28(35)34-27)29-23-8-7-22(37)13-19(23)5-4-6-25(29)24-9-11-33-15-26(24)32/h7-15,18,21,37H,4-6,16-17H2,1-3H3. The van der Waals surface area contributed by atoms with Crippen molar-refractivity contribution in [3.63, 3.8) is 0 Å². The fraction of sp³-hybridized carbons (Fsp3) is 0.323. The number of allylic oxidation sites excluding steroid dienone is 1. The van der Waals surface area contributed by atoms with Gasteiger partial charge in [-0.2, -0.15) is 0 Å². The monoisotopic (exact) mass is 542 g/mol. The number of hydrogen-bond donors (Lipinski definition) is 1. The molecule has 1 N–H and O–H groups in total. The molecule has 200 valence electrons. The number of phenolic OH excluding ortho intramolecular Hbond substituents is 1. The molecular weight excluding hydrogens is 512 g/mol. The van der Waals surface area contributed by atoms with Crippen molar-refractivity contribution in [1.29, 1.82) is 0 Å². The normalized spacial score (nSPS) is 16.2. The first-order valence-corrected chi connectivity index (χ1v) is 13.7. The lowest BCUT2D eigenvalue weighted by molar-refractivity contribution is 0.00791. The van der Waals surface area contributed by atoms with Gasteiger partial charge in [0, 0.05) is 43.8 Å². The third-order valence-electron chi connectivity index (χ3n) is 7.35. The van der Waals surface area contributed by atoms with Crippen LogP contribution in [0.15, 0.2) is 61.2 Å². The Kier molecular flexibility index (Phi) is 6.34. The van der Waals surface area contributed by atoms with E-state index < -0.39 is 5.60 Å². The molecule has 4 heterocycles. The van der Waals surface area contributed by atoms with Gasteiger partial charge in [0.25, 0.3) is 0 Å². The summed E-state index contributed by atoms with van der Waals surface area (Å²) in [6, 6.07) is 11.8. The van der Waals surface area contributed by atoms with E-state index in [0.717, 1.165) is 64.0 Å². The molecule has 0 unspecified atom stereocenters. The van der Waals surface area contributed by atoms with Gasteiger partial charge in [0.15, 0.2) is 0 Å². The van der Waals surface area contributed by atoms with Crippen molar-refractivity contribution in [2.24, 2.45) is 0 Å². The minimum Gasteiger partial charge on any atom is -0.508 e. The van der Waals surface area contributed by atoms with E-state index in [-0.39, 0.29) is 17.8 Å². The molecule has 8 heteroatoms.